The third-order valence-electron chi connectivity index (χ3n) is 3.43. The van der Waals surface area contributed by atoms with Crippen LogP contribution in [0.5, 0.6) is 0 Å². The Morgan fingerprint density at radius 1 is 1.42 bits per heavy atom. The van der Waals surface area contributed by atoms with E-state index in [0.717, 1.165) is 6.42 Å². The molecule has 0 aromatic rings. The number of aliphatic carboxylic acids is 1. The highest BCUT2D eigenvalue weighted by Crippen LogP contribution is 2.35. The van der Waals surface area contributed by atoms with Crippen molar-refractivity contribution in [3.05, 3.63) is 0 Å². The summed E-state index contributed by atoms with van der Waals surface area (Å²) in [5.41, 5.74) is -0.850. The molecule has 0 saturated carbocycles. The van der Waals surface area contributed by atoms with Crippen LogP contribution in [0.4, 0.5) is 4.79 Å². The lowest BCUT2D eigenvalue weighted by Gasteiger charge is -2.24. The summed E-state index contributed by atoms with van der Waals surface area (Å²) in [5.74, 6) is -1.40. The number of carbonyl (C=O) groups excluding carboxylic acids is 2. The van der Waals surface area contributed by atoms with Crippen molar-refractivity contribution in [1.82, 2.24) is 10.2 Å². The van der Waals surface area contributed by atoms with Crippen molar-refractivity contribution in [3.63, 3.8) is 0 Å². The van der Waals surface area contributed by atoms with Crippen LogP contribution < -0.4 is 5.32 Å². The van der Waals surface area contributed by atoms with Crippen molar-refractivity contribution < 1.29 is 24.2 Å². The first-order chi connectivity index (χ1) is 8.95. The number of carbonyl (C=O) groups is 3. The second-order valence-corrected chi connectivity index (χ2v) is 4.74. The van der Waals surface area contributed by atoms with Crippen molar-refractivity contribution >= 4 is 18.0 Å². The first-order valence-electron chi connectivity index (χ1n) is 6.28. The highest BCUT2D eigenvalue weighted by Gasteiger charge is 2.45. The molecule has 7 nitrogen and oxygen atoms in total. The van der Waals surface area contributed by atoms with Crippen molar-refractivity contribution in [2.75, 3.05) is 26.7 Å². The Balaban J connectivity index is 2.56. The number of methoxy groups -OCH3 is 1. The summed E-state index contributed by atoms with van der Waals surface area (Å²) in [6.07, 6.45) is 1.74. The summed E-state index contributed by atoms with van der Waals surface area (Å²) < 4.78 is 4.41. The fourth-order valence-electron chi connectivity index (χ4n) is 2.34. The average Bonchev–Trinajstić information content (AvgIpc) is 2.81. The number of rotatable bonds is 5. The molecule has 1 heterocycles. The van der Waals surface area contributed by atoms with Crippen LogP contribution in [0, 0.1) is 5.41 Å². The van der Waals surface area contributed by atoms with E-state index >= 15 is 0 Å². The maximum atomic E-state index is 11.8. The predicted octanol–water partition coefficient (Wildman–Crippen LogP) is 0.446. The Kier molecular flexibility index (Phi) is 5.14. The van der Waals surface area contributed by atoms with Gasteiger partial charge >= 0.3 is 18.0 Å². The molecule has 2 N–H and O–H groups in total. The molecule has 1 aliphatic heterocycles. The quantitative estimate of drug-likeness (QED) is 0.708. The molecule has 0 aromatic heterocycles. The highest BCUT2D eigenvalue weighted by atomic mass is 16.5. The van der Waals surface area contributed by atoms with Crippen LogP contribution in [0.3, 0.4) is 0 Å². The number of nitrogens with one attached hydrogen (secondary N) is 1. The summed E-state index contributed by atoms with van der Waals surface area (Å²) in [4.78, 5) is 35.5. The van der Waals surface area contributed by atoms with E-state index in [1.165, 1.54) is 12.0 Å². The van der Waals surface area contributed by atoms with Crippen molar-refractivity contribution in [2.24, 2.45) is 5.41 Å². The summed E-state index contributed by atoms with van der Waals surface area (Å²) >= 11 is 0. The SMILES string of the molecule is CCCC1(C(=O)O)CCN(C(=O)NCC(=O)OC)C1. The van der Waals surface area contributed by atoms with Crippen LogP contribution in [0.2, 0.25) is 0 Å². The maximum absolute atomic E-state index is 11.8. The van der Waals surface area contributed by atoms with Gasteiger partial charge in [-0.3, -0.25) is 9.59 Å². The first-order valence-corrected chi connectivity index (χ1v) is 6.28. The zero-order chi connectivity index (χ0) is 14.5. The Morgan fingerprint density at radius 2 is 2.11 bits per heavy atom. The molecule has 0 bridgehead atoms. The normalized spacial score (nSPS) is 22.1. The van der Waals surface area contributed by atoms with E-state index in [0.29, 0.717) is 19.4 Å². The average molecular weight is 272 g/mol. The zero-order valence-corrected chi connectivity index (χ0v) is 11.3. The van der Waals surface area contributed by atoms with Crippen LogP contribution in [-0.4, -0.2) is 54.7 Å². The van der Waals surface area contributed by atoms with Gasteiger partial charge in [0.1, 0.15) is 6.54 Å². The molecule has 0 aliphatic carbocycles. The Morgan fingerprint density at radius 3 is 2.63 bits per heavy atom. The van der Waals surface area contributed by atoms with E-state index in [-0.39, 0.29) is 13.1 Å². The Hall–Kier alpha value is -1.79. The van der Waals surface area contributed by atoms with Crippen molar-refractivity contribution in [3.8, 4) is 0 Å². The number of amides is 2. The molecular weight excluding hydrogens is 252 g/mol. The molecule has 2 amide bonds. The monoisotopic (exact) mass is 272 g/mol. The number of carboxylic acids is 1. The largest absolute Gasteiger partial charge is 0.481 e. The van der Waals surface area contributed by atoms with Gasteiger partial charge in [0.2, 0.25) is 0 Å². The van der Waals surface area contributed by atoms with Crippen LogP contribution in [0.25, 0.3) is 0 Å². The molecule has 108 valence electrons. The number of hydrogen-bond donors (Lipinski definition) is 2. The van der Waals surface area contributed by atoms with E-state index in [2.05, 4.69) is 10.1 Å². The third-order valence-corrected chi connectivity index (χ3v) is 3.43. The standard InChI is InChI=1S/C12H20N2O5/c1-3-4-12(10(16)17)5-6-14(8-12)11(18)13-7-9(15)19-2/h3-8H2,1-2H3,(H,13,18)(H,16,17). The van der Waals surface area contributed by atoms with E-state index in [9.17, 15) is 19.5 Å². The number of likely N-dealkylation sites (tertiary alicyclic amines) is 1. The van der Waals surface area contributed by atoms with E-state index in [4.69, 9.17) is 0 Å². The van der Waals surface area contributed by atoms with Crippen molar-refractivity contribution in [2.45, 2.75) is 26.2 Å². The Bertz CT molecular complexity index is 371. The molecule has 1 saturated heterocycles. The number of ether oxygens (including phenoxy) is 1. The second-order valence-electron chi connectivity index (χ2n) is 4.74. The number of urea groups is 1. The molecule has 7 heteroatoms. The van der Waals surface area contributed by atoms with Gasteiger partial charge in [-0.15, -0.1) is 0 Å². The number of carboxylic acid groups (broad SMARTS) is 1. The molecule has 1 atom stereocenters. The molecule has 1 rings (SSSR count). The molecule has 1 fully saturated rings. The molecule has 19 heavy (non-hydrogen) atoms. The molecule has 0 aromatic carbocycles. The minimum Gasteiger partial charge on any atom is -0.481 e. The van der Waals surface area contributed by atoms with Gasteiger partial charge in [0, 0.05) is 13.1 Å². The molecule has 1 unspecified atom stereocenters. The second kappa shape index (κ2) is 6.40. The van der Waals surface area contributed by atoms with Crippen LogP contribution >= 0.6 is 0 Å². The fraction of sp³-hybridized carbons (Fsp3) is 0.750. The van der Waals surface area contributed by atoms with Gasteiger partial charge in [0.25, 0.3) is 0 Å². The smallest absolute Gasteiger partial charge is 0.325 e. The van der Waals surface area contributed by atoms with Gasteiger partial charge in [-0.2, -0.15) is 0 Å². The molecule has 0 spiro atoms. The number of hydrogen-bond acceptors (Lipinski definition) is 4. The minimum absolute atomic E-state index is 0.184. The first kappa shape index (κ1) is 15.3. The summed E-state index contributed by atoms with van der Waals surface area (Å²) in [5, 5.41) is 11.7. The van der Waals surface area contributed by atoms with E-state index in [1.54, 1.807) is 0 Å². The number of nitrogens with zero attached hydrogens (tertiary/aromatic N) is 1. The number of esters is 1. The van der Waals surface area contributed by atoms with Gasteiger partial charge < -0.3 is 20.1 Å². The van der Waals surface area contributed by atoms with Gasteiger partial charge in [-0.25, -0.2) is 4.79 Å². The molecular formula is C12H20N2O5. The molecule has 0 radical (unpaired) electrons. The summed E-state index contributed by atoms with van der Waals surface area (Å²) in [6.45, 7) is 2.28. The lowest BCUT2D eigenvalue weighted by atomic mass is 9.83. The van der Waals surface area contributed by atoms with Gasteiger partial charge in [0.15, 0.2) is 0 Å². The minimum atomic E-state index is -0.863. The molecule has 1 aliphatic rings. The van der Waals surface area contributed by atoms with E-state index in [1.807, 2.05) is 6.92 Å². The fourth-order valence-corrected chi connectivity index (χ4v) is 2.34. The van der Waals surface area contributed by atoms with Crippen LogP contribution in [0.15, 0.2) is 0 Å². The highest BCUT2D eigenvalue weighted by molar-refractivity contribution is 5.82. The zero-order valence-electron chi connectivity index (χ0n) is 11.3. The topological polar surface area (TPSA) is 95.9 Å². The lowest BCUT2D eigenvalue weighted by Crippen LogP contribution is -2.43. The third kappa shape index (κ3) is 3.59. The van der Waals surface area contributed by atoms with Gasteiger partial charge in [-0.1, -0.05) is 13.3 Å². The van der Waals surface area contributed by atoms with E-state index < -0.39 is 23.4 Å². The van der Waals surface area contributed by atoms with Crippen LogP contribution in [0.1, 0.15) is 26.2 Å². The van der Waals surface area contributed by atoms with Gasteiger partial charge in [0.05, 0.1) is 12.5 Å². The maximum Gasteiger partial charge on any atom is 0.325 e. The lowest BCUT2D eigenvalue weighted by molar-refractivity contribution is -0.148. The van der Waals surface area contributed by atoms with Gasteiger partial charge in [-0.05, 0) is 12.8 Å². The summed E-state index contributed by atoms with van der Waals surface area (Å²) in [7, 11) is 1.24. The van der Waals surface area contributed by atoms with Crippen LogP contribution in [-0.2, 0) is 14.3 Å². The Labute approximate surface area is 111 Å². The summed E-state index contributed by atoms with van der Waals surface area (Å²) in [6, 6.07) is -0.426. The predicted molar refractivity (Wildman–Crippen MR) is 66.6 cm³/mol. The van der Waals surface area contributed by atoms with Crippen molar-refractivity contribution in [1.29, 1.82) is 0 Å².